The van der Waals surface area contributed by atoms with Gasteiger partial charge in [-0.1, -0.05) is 0 Å². The van der Waals surface area contributed by atoms with E-state index in [1.165, 1.54) is 18.5 Å². The maximum absolute atomic E-state index is 4.37. The quantitative estimate of drug-likeness (QED) is 0.882. The van der Waals surface area contributed by atoms with E-state index in [1.54, 1.807) is 11.3 Å². The third-order valence-corrected chi connectivity index (χ3v) is 4.07. The van der Waals surface area contributed by atoms with Gasteiger partial charge >= 0.3 is 0 Å². The van der Waals surface area contributed by atoms with Gasteiger partial charge in [0.25, 0.3) is 0 Å². The molecule has 0 bridgehead atoms. The second-order valence-corrected chi connectivity index (χ2v) is 5.42. The van der Waals surface area contributed by atoms with Gasteiger partial charge in [-0.15, -0.1) is 11.3 Å². The summed E-state index contributed by atoms with van der Waals surface area (Å²) in [6.45, 7) is 3.07. The molecule has 0 aromatic carbocycles. The molecule has 1 unspecified atom stereocenters. The van der Waals surface area contributed by atoms with Gasteiger partial charge in [0, 0.05) is 30.4 Å². The average Bonchev–Trinajstić information content (AvgIpc) is 2.86. The molecular formula is C12H16N4S. The van der Waals surface area contributed by atoms with Crippen molar-refractivity contribution in [3.05, 3.63) is 34.8 Å². The van der Waals surface area contributed by atoms with Crippen LogP contribution in [-0.4, -0.2) is 20.6 Å². The van der Waals surface area contributed by atoms with Crippen molar-refractivity contribution in [2.24, 2.45) is 0 Å². The Balaban J connectivity index is 1.75. The van der Waals surface area contributed by atoms with Gasteiger partial charge in [-0.05, 0) is 19.8 Å². The Labute approximate surface area is 105 Å². The highest BCUT2D eigenvalue weighted by Gasteiger charge is 2.21. The van der Waals surface area contributed by atoms with Crippen LogP contribution in [0.15, 0.2) is 24.1 Å². The third kappa shape index (κ3) is 2.40. The summed E-state index contributed by atoms with van der Waals surface area (Å²) in [5.41, 5.74) is 1.24. The van der Waals surface area contributed by atoms with Crippen molar-refractivity contribution < 1.29 is 0 Å². The van der Waals surface area contributed by atoms with Crippen molar-refractivity contribution in [1.29, 1.82) is 0 Å². The monoisotopic (exact) mass is 248 g/mol. The Kier molecular flexibility index (Phi) is 2.94. The van der Waals surface area contributed by atoms with Crippen molar-refractivity contribution >= 4 is 11.3 Å². The minimum absolute atomic E-state index is 0.272. The van der Waals surface area contributed by atoms with E-state index in [0.717, 1.165) is 17.6 Å². The molecule has 0 aliphatic heterocycles. The van der Waals surface area contributed by atoms with Crippen LogP contribution in [0.5, 0.6) is 0 Å². The highest BCUT2D eigenvalue weighted by molar-refractivity contribution is 7.09. The summed E-state index contributed by atoms with van der Waals surface area (Å²) in [4.78, 5) is 8.62. The molecule has 0 spiro atoms. The maximum atomic E-state index is 4.37. The molecule has 3 rings (SSSR count). The molecule has 1 N–H and O–H groups in total. The number of nitrogens with one attached hydrogen (secondary N) is 1. The van der Waals surface area contributed by atoms with Crippen LogP contribution in [0.2, 0.25) is 0 Å². The van der Waals surface area contributed by atoms with E-state index < -0.39 is 0 Å². The lowest BCUT2D eigenvalue weighted by Gasteiger charge is -2.14. The van der Waals surface area contributed by atoms with E-state index in [4.69, 9.17) is 0 Å². The summed E-state index contributed by atoms with van der Waals surface area (Å²) in [5, 5.41) is 6.68. The summed E-state index contributed by atoms with van der Waals surface area (Å²) in [7, 11) is 0. The zero-order valence-corrected chi connectivity index (χ0v) is 10.7. The Morgan fingerprint density at radius 2 is 2.47 bits per heavy atom. The molecule has 4 nitrogen and oxygen atoms in total. The first-order chi connectivity index (χ1) is 8.34. The molecule has 2 aromatic heterocycles. The third-order valence-electron chi connectivity index (χ3n) is 3.12. The summed E-state index contributed by atoms with van der Waals surface area (Å²) >= 11 is 1.69. The van der Waals surface area contributed by atoms with E-state index in [9.17, 15) is 0 Å². The molecule has 1 saturated carbocycles. The summed E-state index contributed by atoms with van der Waals surface area (Å²) in [6, 6.07) is 1.00. The van der Waals surface area contributed by atoms with Crippen LogP contribution >= 0.6 is 11.3 Å². The van der Waals surface area contributed by atoms with Gasteiger partial charge in [0.15, 0.2) is 0 Å². The number of thiazole rings is 1. The molecular weight excluding hydrogens is 232 g/mol. The van der Waals surface area contributed by atoms with Crippen LogP contribution in [-0.2, 0) is 6.54 Å². The van der Waals surface area contributed by atoms with E-state index in [2.05, 4.69) is 26.8 Å². The van der Waals surface area contributed by atoms with Gasteiger partial charge in [-0.2, -0.15) is 0 Å². The van der Waals surface area contributed by atoms with Crippen LogP contribution in [0.4, 0.5) is 0 Å². The number of hydrogen-bond donors (Lipinski definition) is 1. The Bertz CT molecular complexity index is 472. The van der Waals surface area contributed by atoms with Gasteiger partial charge in [-0.3, -0.25) is 0 Å². The van der Waals surface area contributed by atoms with Crippen LogP contribution in [0.3, 0.4) is 0 Å². The molecule has 1 fully saturated rings. The van der Waals surface area contributed by atoms with Gasteiger partial charge in [-0.25, -0.2) is 9.97 Å². The van der Waals surface area contributed by atoms with Crippen LogP contribution in [0, 0.1) is 0 Å². The zero-order chi connectivity index (χ0) is 11.7. The smallest absolute Gasteiger partial charge is 0.115 e. The number of rotatable bonds is 5. The minimum Gasteiger partial charge on any atom is -0.324 e. The summed E-state index contributed by atoms with van der Waals surface area (Å²) in [6.07, 6.45) is 8.33. The first-order valence-electron chi connectivity index (χ1n) is 5.98. The zero-order valence-electron chi connectivity index (χ0n) is 9.84. The molecule has 90 valence electrons. The van der Waals surface area contributed by atoms with Crippen molar-refractivity contribution in [1.82, 2.24) is 19.9 Å². The Morgan fingerprint density at radius 1 is 1.59 bits per heavy atom. The van der Waals surface area contributed by atoms with E-state index >= 15 is 0 Å². The SMILES string of the molecule is CC(c1nccs1)n1cncc1CNC1CC1. The normalized spacial score (nSPS) is 17.2. The van der Waals surface area contributed by atoms with E-state index in [1.807, 2.05) is 24.1 Å². The van der Waals surface area contributed by atoms with Crippen LogP contribution < -0.4 is 5.32 Å². The standard InChI is InChI=1S/C12H16N4S/c1-9(12-14-4-5-17-12)16-8-13-6-11(16)7-15-10-2-3-10/h4-6,8-10,15H,2-3,7H2,1H3. The predicted molar refractivity (Wildman–Crippen MR) is 68.0 cm³/mol. The molecule has 5 heteroatoms. The lowest BCUT2D eigenvalue weighted by atomic mass is 10.3. The molecule has 0 saturated heterocycles. The van der Waals surface area contributed by atoms with E-state index in [0.29, 0.717) is 0 Å². The summed E-state index contributed by atoms with van der Waals surface area (Å²) in [5.74, 6) is 0. The average molecular weight is 248 g/mol. The molecule has 0 amide bonds. The molecule has 17 heavy (non-hydrogen) atoms. The van der Waals surface area contributed by atoms with Crippen LogP contribution in [0.25, 0.3) is 0 Å². The molecule has 1 atom stereocenters. The fourth-order valence-corrected chi connectivity index (χ4v) is 2.61. The fraction of sp³-hybridized carbons (Fsp3) is 0.500. The molecule has 0 radical (unpaired) electrons. The summed E-state index contributed by atoms with van der Waals surface area (Å²) < 4.78 is 2.20. The molecule has 1 aliphatic rings. The topological polar surface area (TPSA) is 42.7 Å². The highest BCUT2D eigenvalue weighted by Crippen LogP contribution is 2.23. The van der Waals surface area contributed by atoms with Gasteiger partial charge in [0.05, 0.1) is 18.1 Å². The van der Waals surface area contributed by atoms with E-state index in [-0.39, 0.29) is 6.04 Å². The highest BCUT2D eigenvalue weighted by atomic mass is 32.1. The first kappa shape index (κ1) is 10.9. The Hall–Kier alpha value is -1.20. The molecule has 1 aliphatic carbocycles. The van der Waals surface area contributed by atoms with Crippen LogP contribution in [0.1, 0.15) is 36.5 Å². The predicted octanol–water partition coefficient (Wildman–Crippen LogP) is 2.20. The number of hydrogen-bond acceptors (Lipinski definition) is 4. The van der Waals surface area contributed by atoms with Gasteiger partial charge in [0.1, 0.15) is 5.01 Å². The second kappa shape index (κ2) is 4.58. The second-order valence-electron chi connectivity index (χ2n) is 4.49. The number of imidazole rings is 1. The van der Waals surface area contributed by atoms with Crippen molar-refractivity contribution in [2.45, 2.75) is 38.4 Å². The lowest BCUT2D eigenvalue weighted by molar-refractivity contribution is 0.572. The van der Waals surface area contributed by atoms with Gasteiger partial charge < -0.3 is 9.88 Å². The Morgan fingerprint density at radius 3 is 3.18 bits per heavy atom. The first-order valence-corrected chi connectivity index (χ1v) is 6.86. The molecule has 2 aromatic rings. The molecule has 2 heterocycles. The van der Waals surface area contributed by atoms with Gasteiger partial charge in [0.2, 0.25) is 0 Å². The largest absolute Gasteiger partial charge is 0.324 e. The van der Waals surface area contributed by atoms with Crippen molar-refractivity contribution in [2.75, 3.05) is 0 Å². The minimum atomic E-state index is 0.272. The maximum Gasteiger partial charge on any atom is 0.115 e. The van der Waals surface area contributed by atoms with Crippen molar-refractivity contribution in [3.63, 3.8) is 0 Å². The fourth-order valence-electron chi connectivity index (χ4n) is 1.91. The number of nitrogens with zero attached hydrogens (tertiary/aromatic N) is 3. The number of aromatic nitrogens is 3. The van der Waals surface area contributed by atoms with Crippen molar-refractivity contribution in [3.8, 4) is 0 Å². The lowest BCUT2D eigenvalue weighted by Crippen LogP contribution is -2.19.